The van der Waals surface area contributed by atoms with E-state index in [1.807, 2.05) is 37.3 Å². The SMILES string of the molecule is CCC(C(=O)Nc1sc2c(c1C#N)CCC(C(C)(C)C)C2)c1ccccc1. The molecule has 1 aliphatic carbocycles. The molecule has 0 saturated heterocycles. The van der Waals surface area contributed by atoms with E-state index in [9.17, 15) is 10.1 Å². The molecule has 0 fully saturated rings. The molecule has 3 rings (SSSR count). The lowest BCUT2D eigenvalue weighted by Crippen LogP contribution is -2.26. The van der Waals surface area contributed by atoms with Gasteiger partial charge in [0.05, 0.1) is 11.5 Å². The minimum atomic E-state index is -0.195. The Labute approximate surface area is 166 Å². The second-order valence-electron chi connectivity index (χ2n) is 8.49. The fourth-order valence-corrected chi connectivity index (χ4v) is 5.27. The summed E-state index contributed by atoms with van der Waals surface area (Å²) in [7, 11) is 0. The standard InChI is InChI=1S/C23H28N2OS/c1-5-17(15-9-7-6-8-10-15)21(26)25-22-19(14-24)18-12-11-16(23(2,3)4)13-20(18)27-22/h6-10,16-17H,5,11-13H2,1-4H3,(H,25,26). The molecule has 0 spiro atoms. The normalized spacial score (nSPS) is 17.7. The number of nitrogens with zero attached hydrogens (tertiary/aromatic N) is 1. The number of benzene rings is 1. The van der Waals surface area contributed by atoms with Crippen molar-refractivity contribution in [3.8, 4) is 6.07 Å². The third kappa shape index (κ3) is 4.09. The molecule has 0 bridgehead atoms. The molecule has 0 saturated carbocycles. The van der Waals surface area contributed by atoms with Crippen LogP contribution in [-0.4, -0.2) is 5.91 Å². The molecule has 1 aromatic heterocycles. The van der Waals surface area contributed by atoms with Crippen LogP contribution in [0.1, 0.15) is 68.0 Å². The molecule has 1 heterocycles. The number of thiophene rings is 1. The van der Waals surface area contributed by atoms with Gasteiger partial charge in [0, 0.05) is 4.88 Å². The van der Waals surface area contributed by atoms with Crippen molar-refractivity contribution in [2.24, 2.45) is 11.3 Å². The van der Waals surface area contributed by atoms with Gasteiger partial charge in [-0.1, -0.05) is 58.0 Å². The first kappa shape index (κ1) is 19.6. The van der Waals surface area contributed by atoms with Gasteiger partial charge < -0.3 is 5.32 Å². The van der Waals surface area contributed by atoms with Gasteiger partial charge in [-0.15, -0.1) is 11.3 Å². The van der Waals surface area contributed by atoms with Crippen LogP contribution in [0.5, 0.6) is 0 Å². The number of carbonyl (C=O) groups is 1. The molecule has 2 aromatic rings. The van der Waals surface area contributed by atoms with Crippen LogP contribution in [0.2, 0.25) is 0 Å². The van der Waals surface area contributed by atoms with Crippen molar-refractivity contribution in [1.29, 1.82) is 5.26 Å². The van der Waals surface area contributed by atoms with Crippen LogP contribution in [-0.2, 0) is 17.6 Å². The number of fused-ring (bicyclic) bond motifs is 1. The average molecular weight is 381 g/mol. The van der Waals surface area contributed by atoms with E-state index in [4.69, 9.17) is 0 Å². The Morgan fingerprint density at radius 3 is 2.63 bits per heavy atom. The minimum absolute atomic E-state index is 0.0221. The van der Waals surface area contributed by atoms with E-state index in [1.54, 1.807) is 11.3 Å². The Bertz CT molecular complexity index is 855. The van der Waals surface area contributed by atoms with Crippen molar-refractivity contribution in [2.45, 2.75) is 59.3 Å². The summed E-state index contributed by atoms with van der Waals surface area (Å²) in [5.74, 6) is 0.400. The largest absolute Gasteiger partial charge is 0.316 e. The average Bonchev–Trinajstić information content (AvgIpc) is 2.98. The van der Waals surface area contributed by atoms with Gasteiger partial charge >= 0.3 is 0 Å². The number of anilines is 1. The molecule has 27 heavy (non-hydrogen) atoms. The highest BCUT2D eigenvalue weighted by Gasteiger charge is 2.32. The molecular weight excluding hydrogens is 352 g/mol. The number of carbonyl (C=O) groups excluding carboxylic acids is 1. The molecule has 4 heteroatoms. The number of nitriles is 1. The van der Waals surface area contributed by atoms with Crippen LogP contribution in [0, 0.1) is 22.7 Å². The Balaban J connectivity index is 1.85. The highest BCUT2D eigenvalue weighted by molar-refractivity contribution is 7.16. The van der Waals surface area contributed by atoms with Crippen molar-refractivity contribution in [3.63, 3.8) is 0 Å². The zero-order chi connectivity index (χ0) is 19.6. The Morgan fingerprint density at radius 2 is 2.04 bits per heavy atom. The highest BCUT2D eigenvalue weighted by Crippen LogP contribution is 2.44. The van der Waals surface area contributed by atoms with Gasteiger partial charge in [-0.25, -0.2) is 0 Å². The maximum atomic E-state index is 12.9. The van der Waals surface area contributed by atoms with Crippen molar-refractivity contribution >= 4 is 22.2 Å². The van der Waals surface area contributed by atoms with E-state index in [-0.39, 0.29) is 17.2 Å². The lowest BCUT2D eigenvalue weighted by Gasteiger charge is -2.33. The summed E-state index contributed by atoms with van der Waals surface area (Å²) in [5.41, 5.74) is 3.12. The van der Waals surface area contributed by atoms with Crippen LogP contribution in [0.4, 0.5) is 5.00 Å². The second kappa shape index (κ2) is 7.86. The van der Waals surface area contributed by atoms with Gasteiger partial charge in [-0.3, -0.25) is 4.79 Å². The van der Waals surface area contributed by atoms with Crippen molar-refractivity contribution in [2.75, 3.05) is 5.32 Å². The van der Waals surface area contributed by atoms with Crippen molar-refractivity contribution in [1.82, 2.24) is 0 Å². The van der Waals surface area contributed by atoms with Crippen molar-refractivity contribution < 1.29 is 4.79 Å². The zero-order valence-corrected chi connectivity index (χ0v) is 17.5. The van der Waals surface area contributed by atoms with E-state index in [0.717, 1.165) is 41.8 Å². The quantitative estimate of drug-likeness (QED) is 0.717. The predicted molar refractivity (Wildman–Crippen MR) is 112 cm³/mol. The molecule has 1 N–H and O–H groups in total. The third-order valence-electron chi connectivity index (χ3n) is 5.77. The van der Waals surface area contributed by atoms with Gasteiger partial charge in [0.15, 0.2) is 0 Å². The second-order valence-corrected chi connectivity index (χ2v) is 9.59. The number of rotatable bonds is 4. The lowest BCUT2D eigenvalue weighted by atomic mass is 9.72. The summed E-state index contributed by atoms with van der Waals surface area (Å²) in [4.78, 5) is 14.2. The Hall–Kier alpha value is -2.12. The monoisotopic (exact) mass is 380 g/mol. The fourth-order valence-electron chi connectivity index (χ4n) is 3.99. The molecule has 2 atom stereocenters. The first-order chi connectivity index (χ1) is 12.8. The van der Waals surface area contributed by atoms with Crippen LogP contribution in [0.15, 0.2) is 30.3 Å². The summed E-state index contributed by atoms with van der Waals surface area (Å²) < 4.78 is 0. The Morgan fingerprint density at radius 1 is 1.33 bits per heavy atom. The lowest BCUT2D eigenvalue weighted by molar-refractivity contribution is -0.117. The van der Waals surface area contributed by atoms with E-state index < -0.39 is 0 Å². The molecule has 0 radical (unpaired) electrons. The third-order valence-corrected chi connectivity index (χ3v) is 6.94. The van der Waals surface area contributed by atoms with Gasteiger partial charge in [-0.2, -0.15) is 5.26 Å². The van der Waals surface area contributed by atoms with E-state index in [1.165, 1.54) is 4.88 Å². The van der Waals surface area contributed by atoms with Gasteiger partial charge in [0.2, 0.25) is 5.91 Å². The number of nitrogens with one attached hydrogen (secondary N) is 1. The maximum absolute atomic E-state index is 12.9. The molecule has 1 aliphatic rings. The van der Waals surface area contributed by atoms with E-state index in [0.29, 0.717) is 11.5 Å². The van der Waals surface area contributed by atoms with Crippen LogP contribution >= 0.6 is 11.3 Å². The first-order valence-corrected chi connectivity index (χ1v) is 10.6. The number of hydrogen-bond acceptors (Lipinski definition) is 3. The zero-order valence-electron chi connectivity index (χ0n) is 16.6. The molecule has 142 valence electrons. The first-order valence-electron chi connectivity index (χ1n) is 9.75. The van der Waals surface area contributed by atoms with Crippen molar-refractivity contribution in [3.05, 3.63) is 51.9 Å². The smallest absolute Gasteiger partial charge is 0.232 e. The summed E-state index contributed by atoms with van der Waals surface area (Å²) in [5, 5.41) is 13.5. The summed E-state index contributed by atoms with van der Waals surface area (Å²) in [6.45, 7) is 8.89. The summed E-state index contributed by atoms with van der Waals surface area (Å²) in [6, 6.07) is 12.2. The van der Waals surface area contributed by atoms with Gasteiger partial charge in [-0.05, 0) is 48.1 Å². The van der Waals surface area contributed by atoms with E-state index in [2.05, 4.69) is 32.2 Å². The molecular formula is C23H28N2OS. The number of amides is 1. The fraction of sp³-hybridized carbons (Fsp3) is 0.478. The van der Waals surface area contributed by atoms with Crippen LogP contribution in [0.3, 0.4) is 0 Å². The van der Waals surface area contributed by atoms with Crippen LogP contribution in [0.25, 0.3) is 0 Å². The predicted octanol–water partition coefficient (Wildman–Crippen LogP) is 5.90. The van der Waals surface area contributed by atoms with E-state index >= 15 is 0 Å². The minimum Gasteiger partial charge on any atom is -0.316 e. The molecule has 2 unspecified atom stereocenters. The summed E-state index contributed by atoms with van der Waals surface area (Å²) >= 11 is 1.60. The van der Waals surface area contributed by atoms with Gasteiger partial charge in [0.1, 0.15) is 11.1 Å². The topological polar surface area (TPSA) is 52.9 Å². The molecule has 3 nitrogen and oxygen atoms in total. The highest BCUT2D eigenvalue weighted by atomic mass is 32.1. The van der Waals surface area contributed by atoms with Gasteiger partial charge in [0.25, 0.3) is 0 Å². The molecule has 1 amide bonds. The van der Waals surface area contributed by atoms with Crippen LogP contribution < -0.4 is 5.32 Å². The number of hydrogen-bond donors (Lipinski definition) is 1. The molecule has 0 aliphatic heterocycles. The molecule has 1 aromatic carbocycles. The maximum Gasteiger partial charge on any atom is 0.232 e. The Kier molecular flexibility index (Phi) is 5.72. The summed E-state index contributed by atoms with van der Waals surface area (Å²) in [6.07, 6.45) is 3.78.